The molecule has 3 heterocycles. The number of aliphatic hydroxyl groups excluding tert-OH is 1. The van der Waals surface area contributed by atoms with Crippen LogP contribution in [0.3, 0.4) is 0 Å². The summed E-state index contributed by atoms with van der Waals surface area (Å²) >= 11 is 0. The lowest BCUT2D eigenvalue weighted by Crippen LogP contribution is -2.17. The molecule has 170 valence electrons. The fourth-order valence-electron chi connectivity index (χ4n) is 4.13. The third-order valence-corrected chi connectivity index (χ3v) is 5.89. The molecule has 1 fully saturated rings. The van der Waals surface area contributed by atoms with Gasteiger partial charge >= 0.3 is 0 Å². The maximum absolute atomic E-state index is 9.48. The lowest BCUT2D eigenvalue weighted by molar-refractivity contribution is -0.0197. The highest BCUT2D eigenvalue weighted by atomic mass is 16.5. The molecule has 2 atom stereocenters. The Morgan fingerprint density at radius 2 is 2.00 bits per heavy atom. The summed E-state index contributed by atoms with van der Waals surface area (Å²) in [6.07, 6.45) is 2.48. The number of ether oxygens (including phenoxy) is 2. The van der Waals surface area contributed by atoms with E-state index in [-0.39, 0.29) is 18.9 Å². The van der Waals surface area contributed by atoms with Crippen LogP contribution in [0, 0.1) is 0 Å². The van der Waals surface area contributed by atoms with Crippen molar-refractivity contribution in [2.24, 2.45) is 0 Å². The minimum atomic E-state index is -0.278. The number of hydrogen-bond acceptors (Lipinski definition) is 8. The fourth-order valence-corrected chi connectivity index (χ4v) is 4.13. The van der Waals surface area contributed by atoms with E-state index in [4.69, 9.17) is 15.2 Å². The highest BCUT2D eigenvalue weighted by Gasteiger charge is 2.30. The minimum Gasteiger partial charge on any atom is -0.497 e. The average molecular weight is 447 g/mol. The highest BCUT2D eigenvalue weighted by molar-refractivity contribution is 5.84. The van der Waals surface area contributed by atoms with Gasteiger partial charge < -0.3 is 25.6 Å². The molecular weight excluding hydrogens is 420 g/mol. The van der Waals surface area contributed by atoms with E-state index < -0.39 is 0 Å². The summed E-state index contributed by atoms with van der Waals surface area (Å²) in [5, 5.41) is 12.9. The second-order valence-electron chi connectivity index (χ2n) is 7.99. The average Bonchev–Trinajstić information content (AvgIpc) is 3.48. The second-order valence-corrected chi connectivity index (χ2v) is 7.99. The number of benzene rings is 2. The van der Waals surface area contributed by atoms with Crippen LogP contribution in [-0.4, -0.2) is 44.4 Å². The van der Waals surface area contributed by atoms with Gasteiger partial charge in [-0.15, -0.1) is 0 Å². The van der Waals surface area contributed by atoms with E-state index >= 15 is 0 Å². The quantitative estimate of drug-likeness (QED) is 0.395. The van der Waals surface area contributed by atoms with Crippen molar-refractivity contribution in [2.75, 3.05) is 24.8 Å². The number of nitrogens with two attached hydrogens (primary N) is 1. The Balaban J connectivity index is 1.38. The van der Waals surface area contributed by atoms with E-state index in [0.717, 1.165) is 35.3 Å². The summed E-state index contributed by atoms with van der Waals surface area (Å²) in [6, 6.07) is 16.3. The summed E-state index contributed by atoms with van der Waals surface area (Å²) in [5.74, 6) is 1.76. The Morgan fingerprint density at radius 1 is 1.15 bits per heavy atom. The van der Waals surface area contributed by atoms with Crippen LogP contribution in [0.15, 0.2) is 54.9 Å². The molecule has 1 saturated heterocycles. The smallest absolute Gasteiger partial charge is 0.207 e. The van der Waals surface area contributed by atoms with Gasteiger partial charge in [0.25, 0.3) is 0 Å². The van der Waals surface area contributed by atoms with E-state index in [2.05, 4.69) is 50.6 Å². The topological polar surface area (TPSA) is 120 Å². The zero-order valence-corrected chi connectivity index (χ0v) is 18.3. The number of nitrogen functional groups attached to an aromatic ring is 1. The molecule has 0 saturated carbocycles. The lowest BCUT2D eigenvalue weighted by Gasteiger charge is -2.17. The van der Waals surface area contributed by atoms with Crippen LogP contribution in [0.25, 0.3) is 22.3 Å². The Kier molecular flexibility index (Phi) is 5.80. The van der Waals surface area contributed by atoms with Crippen molar-refractivity contribution in [2.45, 2.75) is 31.7 Å². The summed E-state index contributed by atoms with van der Waals surface area (Å²) < 4.78 is 13.2. The normalized spacial score (nSPS) is 18.0. The molecule has 33 heavy (non-hydrogen) atoms. The molecule has 1 aliphatic rings. The van der Waals surface area contributed by atoms with Gasteiger partial charge in [0.1, 0.15) is 18.3 Å². The Bertz CT molecular complexity index is 1260. The largest absolute Gasteiger partial charge is 0.497 e. The van der Waals surface area contributed by atoms with Crippen LogP contribution in [0.4, 0.5) is 11.8 Å². The first-order valence-electron chi connectivity index (χ1n) is 10.9. The number of anilines is 2. The summed E-state index contributed by atoms with van der Waals surface area (Å²) in [6.45, 7) is 0.549. The van der Waals surface area contributed by atoms with Crippen LogP contribution in [0.1, 0.15) is 24.6 Å². The number of hydrogen-bond donors (Lipinski definition) is 3. The molecule has 9 heteroatoms. The van der Waals surface area contributed by atoms with E-state index in [1.807, 2.05) is 22.8 Å². The van der Waals surface area contributed by atoms with Crippen LogP contribution in [0.2, 0.25) is 0 Å². The van der Waals surface area contributed by atoms with E-state index in [0.29, 0.717) is 29.5 Å². The van der Waals surface area contributed by atoms with Crippen molar-refractivity contribution >= 4 is 22.9 Å². The van der Waals surface area contributed by atoms with Crippen molar-refractivity contribution in [1.82, 2.24) is 19.5 Å². The van der Waals surface area contributed by atoms with Crippen molar-refractivity contribution < 1.29 is 14.6 Å². The number of rotatable bonds is 7. The Labute approximate surface area is 191 Å². The van der Waals surface area contributed by atoms with Gasteiger partial charge in [0.2, 0.25) is 5.95 Å². The fraction of sp³-hybridized carbons (Fsp3) is 0.292. The molecule has 2 aromatic carbocycles. The standard InChI is InChI=1S/C24H26N6O3/c1-32-18-4-2-3-17(11-18)16-7-5-15(6-8-16)12-26-24-29-21-22(25)27-14-28-23(21)30(24)20-10-9-19(13-31)33-20/h2-8,11,14,19-20,31H,9-10,12-13H2,1H3,(H,26,29)(H2,25,27,28)/t19-,20+/m0/s1. The SMILES string of the molecule is COc1cccc(-c2ccc(CNc3nc4c(N)ncnc4n3[C@H]3CC[C@@H](CO)O3)cc2)c1. The first-order valence-corrected chi connectivity index (χ1v) is 10.9. The molecule has 0 radical (unpaired) electrons. The molecule has 9 nitrogen and oxygen atoms in total. The minimum absolute atomic E-state index is 0.0113. The van der Waals surface area contributed by atoms with Crippen molar-refractivity contribution in [3.05, 3.63) is 60.4 Å². The zero-order chi connectivity index (χ0) is 22.8. The van der Waals surface area contributed by atoms with Crippen LogP contribution >= 0.6 is 0 Å². The van der Waals surface area contributed by atoms with Gasteiger partial charge in [0, 0.05) is 6.54 Å². The van der Waals surface area contributed by atoms with Gasteiger partial charge in [-0.25, -0.2) is 15.0 Å². The van der Waals surface area contributed by atoms with Crippen molar-refractivity contribution in [1.29, 1.82) is 0 Å². The van der Waals surface area contributed by atoms with Crippen LogP contribution < -0.4 is 15.8 Å². The summed E-state index contributed by atoms with van der Waals surface area (Å²) in [7, 11) is 1.67. The molecule has 0 aliphatic carbocycles. The number of imidazole rings is 1. The van der Waals surface area contributed by atoms with Gasteiger partial charge in [-0.05, 0) is 41.7 Å². The Morgan fingerprint density at radius 3 is 2.76 bits per heavy atom. The summed E-state index contributed by atoms with van der Waals surface area (Å²) in [4.78, 5) is 13.1. The number of methoxy groups -OCH3 is 1. The molecule has 4 aromatic rings. The monoisotopic (exact) mass is 446 g/mol. The van der Waals surface area contributed by atoms with Gasteiger partial charge in [-0.1, -0.05) is 36.4 Å². The van der Waals surface area contributed by atoms with Crippen LogP contribution in [0.5, 0.6) is 5.75 Å². The molecule has 4 N–H and O–H groups in total. The maximum Gasteiger partial charge on any atom is 0.207 e. The molecule has 1 aliphatic heterocycles. The van der Waals surface area contributed by atoms with E-state index in [9.17, 15) is 5.11 Å². The molecule has 0 amide bonds. The van der Waals surface area contributed by atoms with Crippen molar-refractivity contribution in [3.63, 3.8) is 0 Å². The van der Waals surface area contributed by atoms with Crippen molar-refractivity contribution in [3.8, 4) is 16.9 Å². The third kappa shape index (κ3) is 4.20. The molecule has 0 spiro atoms. The number of aliphatic hydroxyl groups is 1. The third-order valence-electron chi connectivity index (χ3n) is 5.89. The first kappa shape index (κ1) is 21.2. The molecular formula is C24H26N6O3. The molecule has 2 aromatic heterocycles. The molecule has 0 unspecified atom stereocenters. The number of nitrogens with one attached hydrogen (secondary N) is 1. The predicted molar refractivity (Wildman–Crippen MR) is 126 cm³/mol. The van der Waals surface area contributed by atoms with Gasteiger partial charge in [0.05, 0.1) is 19.8 Å². The lowest BCUT2D eigenvalue weighted by atomic mass is 10.0. The zero-order valence-electron chi connectivity index (χ0n) is 18.3. The number of nitrogens with zero attached hydrogens (tertiary/aromatic N) is 4. The molecule has 5 rings (SSSR count). The van der Waals surface area contributed by atoms with Gasteiger partial charge in [-0.3, -0.25) is 4.57 Å². The number of fused-ring (bicyclic) bond motifs is 1. The maximum atomic E-state index is 9.48. The van der Waals surface area contributed by atoms with E-state index in [1.165, 1.54) is 6.33 Å². The first-order chi connectivity index (χ1) is 16.2. The molecule has 0 bridgehead atoms. The Hall–Kier alpha value is -3.69. The number of aromatic nitrogens is 4. The van der Waals surface area contributed by atoms with E-state index in [1.54, 1.807) is 7.11 Å². The van der Waals surface area contributed by atoms with Crippen LogP contribution in [-0.2, 0) is 11.3 Å². The van der Waals surface area contributed by atoms with Gasteiger partial charge in [-0.2, -0.15) is 0 Å². The summed E-state index contributed by atoms with van der Waals surface area (Å²) in [5.41, 5.74) is 10.5. The predicted octanol–water partition coefficient (Wildman–Crippen LogP) is 3.37. The van der Waals surface area contributed by atoms with Gasteiger partial charge in [0.15, 0.2) is 17.0 Å². The highest BCUT2D eigenvalue weighted by Crippen LogP contribution is 2.34. The second kappa shape index (κ2) is 9.05.